The number of furan rings is 1. The monoisotopic (exact) mass is 313 g/mol. The SMILES string of the molecule is c1coc(-c2nnc(CN3CCCC[C@@H]3Cn3cccn3)o2)c1. The molecule has 0 spiro atoms. The van der Waals surface area contributed by atoms with Crippen LogP contribution in [-0.2, 0) is 13.1 Å². The van der Waals surface area contributed by atoms with Crippen LogP contribution in [0.1, 0.15) is 25.2 Å². The predicted octanol–water partition coefficient (Wildman–Crippen LogP) is 2.58. The van der Waals surface area contributed by atoms with Gasteiger partial charge in [-0.05, 0) is 37.6 Å². The Morgan fingerprint density at radius 3 is 3.04 bits per heavy atom. The first-order valence-corrected chi connectivity index (χ1v) is 7.96. The molecule has 1 aliphatic heterocycles. The summed E-state index contributed by atoms with van der Waals surface area (Å²) in [5.74, 6) is 1.67. The van der Waals surface area contributed by atoms with Gasteiger partial charge in [-0.3, -0.25) is 9.58 Å². The molecule has 0 aliphatic carbocycles. The number of hydrogen-bond acceptors (Lipinski definition) is 6. The molecule has 7 nitrogen and oxygen atoms in total. The normalized spacial score (nSPS) is 19.2. The van der Waals surface area contributed by atoms with Gasteiger partial charge >= 0.3 is 0 Å². The van der Waals surface area contributed by atoms with Crippen LogP contribution < -0.4 is 0 Å². The lowest BCUT2D eigenvalue weighted by atomic mass is 10.0. The van der Waals surface area contributed by atoms with Crippen molar-refractivity contribution in [2.75, 3.05) is 6.54 Å². The van der Waals surface area contributed by atoms with Gasteiger partial charge in [-0.15, -0.1) is 10.2 Å². The summed E-state index contributed by atoms with van der Waals surface area (Å²) in [6.07, 6.45) is 9.05. The molecule has 0 amide bonds. The molecular formula is C16H19N5O2. The van der Waals surface area contributed by atoms with E-state index in [-0.39, 0.29) is 0 Å². The first-order chi connectivity index (χ1) is 11.4. The lowest BCUT2D eigenvalue weighted by Gasteiger charge is -2.34. The Morgan fingerprint density at radius 2 is 2.22 bits per heavy atom. The number of aromatic nitrogens is 4. The highest BCUT2D eigenvalue weighted by atomic mass is 16.4. The molecule has 1 fully saturated rings. The van der Waals surface area contributed by atoms with Crippen LogP contribution >= 0.6 is 0 Å². The molecular weight excluding hydrogens is 294 g/mol. The molecule has 3 aromatic rings. The smallest absolute Gasteiger partial charge is 0.283 e. The van der Waals surface area contributed by atoms with E-state index >= 15 is 0 Å². The Kier molecular flexibility index (Phi) is 3.94. The number of rotatable bonds is 5. The van der Waals surface area contributed by atoms with E-state index in [2.05, 4.69) is 20.2 Å². The molecule has 0 unspecified atom stereocenters. The maximum Gasteiger partial charge on any atom is 0.283 e. The van der Waals surface area contributed by atoms with Crippen LogP contribution in [0.5, 0.6) is 0 Å². The van der Waals surface area contributed by atoms with E-state index in [1.165, 1.54) is 19.3 Å². The molecule has 4 rings (SSSR count). The average Bonchev–Trinajstić information content (AvgIpc) is 3.31. The van der Waals surface area contributed by atoms with Gasteiger partial charge in [0, 0.05) is 18.4 Å². The molecule has 0 saturated carbocycles. The van der Waals surface area contributed by atoms with Crippen molar-refractivity contribution in [1.82, 2.24) is 24.9 Å². The Morgan fingerprint density at radius 1 is 1.22 bits per heavy atom. The van der Waals surface area contributed by atoms with E-state index in [1.54, 1.807) is 6.26 Å². The minimum atomic E-state index is 0.436. The summed E-state index contributed by atoms with van der Waals surface area (Å²) in [6, 6.07) is 6.03. The lowest BCUT2D eigenvalue weighted by Crippen LogP contribution is -2.41. The summed E-state index contributed by atoms with van der Waals surface area (Å²) in [5, 5.41) is 12.5. The molecule has 1 saturated heterocycles. The van der Waals surface area contributed by atoms with Crippen LogP contribution in [0.3, 0.4) is 0 Å². The van der Waals surface area contributed by atoms with Gasteiger partial charge in [-0.1, -0.05) is 6.42 Å². The van der Waals surface area contributed by atoms with Crippen molar-refractivity contribution in [2.24, 2.45) is 0 Å². The second-order valence-electron chi connectivity index (χ2n) is 5.83. The molecule has 0 radical (unpaired) electrons. The van der Waals surface area contributed by atoms with Crippen molar-refractivity contribution in [3.63, 3.8) is 0 Å². The molecule has 3 aromatic heterocycles. The molecule has 1 atom stereocenters. The van der Waals surface area contributed by atoms with E-state index in [1.807, 2.05) is 35.3 Å². The third-order valence-electron chi connectivity index (χ3n) is 4.24. The van der Waals surface area contributed by atoms with Gasteiger partial charge in [0.15, 0.2) is 5.76 Å². The maximum absolute atomic E-state index is 5.73. The van der Waals surface area contributed by atoms with Crippen LogP contribution in [-0.4, -0.2) is 37.5 Å². The molecule has 0 aromatic carbocycles. The second kappa shape index (κ2) is 6.37. The van der Waals surface area contributed by atoms with E-state index in [0.717, 1.165) is 13.1 Å². The van der Waals surface area contributed by atoms with Gasteiger partial charge in [0.25, 0.3) is 5.89 Å². The van der Waals surface area contributed by atoms with Gasteiger partial charge in [-0.2, -0.15) is 5.10 Å². The second-order valence-corrected chi connectivity index (χ2v) is 5.83. The summed E-state index contributed by atoms with van der Waals surface area (Å²) < 4.78 is 13.0. The maximum atomic E-state index is 5.73. The first kappa shape index (κ1) is 14.2. The number of hydrogen-bond donors (Lipinski definition) is 0. The van der Waals surface area contributed by atoms with Crippen molar-refractivity contribution >= 4 is 0 Å². The topological polar surface area (TPSA) is 73.1 Å². The molecule has 7 heteroatoms. The van der Waals surface area contributed by atoms with Crippen molar-refractivity contribution in [3.8, 4) is 11.7 Å². The highest BCUT2D eigenvalue weighted by Crippen LogP contribution is 2.23. The number of piperidine rings is 1. The van der Waals surface area contributed by atoms with Gasteiger partial charge in [-0.25, -0.2) is 0 Å². The van der Waals surface area contributed by atoms with Crippen molar-refractivity contribution < 1.29 is 8.83 Å². The summed E-state index contributed by atoms with van der Waals surface area (Å²) in [4.78, 5) is 2.41. The van der Waals surface area contributed by atoms with Crippen LogP contribution in [0.15, 0.2) is 45.7 Å². The Balaban J connectivity index is 1.45. The van der Waals surface area contributed by atoms with E-state index in [0.29, 0.717) is 30.1 Å². The Hall–Kier alpha value is -2.41. The predicted molar refractivity (Wildman–Crippen MR) is 82.3 cm³/mol. The molecule has 0 bridgehead atoms. The fourth-order valence-electron chi connectivity index (χ4n) is 3.09. The summed E-state index contributed by atoms with van der Waals surface area (Å²) in [6.45, 7) is 2.61. The van der Waals surface area contributed by atoms with E-state index < -0.39 is 0 Å². The van der Waals surface area contributed by atoms with Crippen LogP contribution in [0.25, 0.3) is 11.7 Å². The van der Waals surface area contributed by atoms with E-state index in [9.17, 15) is 0 Å². The zero-order valence-corrected chi connectivity index (χ0v) is 12.8. The average molecular weight is 313 g/mol. The van der Waals surface area contributed by atoms with Gasteiger partial charge in [0.2, 0.25) is 5.89 Å². The fraction of sp³-hybridized carbons (Fsp3) is 0.438. The highest BCUT2D eigenvalue weighted by molar-refractivity contribution is 5.42. The van der Waals surface area contributed by atoms with Crippen LogP contribution in [0, 0.1) is 0 Å². The fourth-order valence-corrected chi connectivity index (χ4v) is 3.09. The van der Waals surface area contributed by atoms with Crippen molar-refractivity contribution in [1.29, 1.82) is 0 Å². The zero-order valence-electron chi connectivity index (χ0n) is 12.8. The first-order valence-electron chi connectivity index (χ1n) is 7.96. The molecule has 4 heterocycles. The summed E-state index contributed by atoms with van der Waals surface area (Å²) >= 11 is 0. The van der Waals surface area contributed by atoms with E-state index in [4.69, 9.17) is 8.83 Å². The molecule has 1 aliphatic rings. The highest BCUT2D eigenvalue weighted by Gasteiger charge is 2.25. The summed E-state index contributed by atoms with van der Waals surface area (Å²) in [7, 11) is 0. The third kappa shape index (κ3) is 3.19. The molecule has 23 heavy (non-hydrogen) atoms. The zero-order chi connectivity index (χ0) is 15.5. The van der Waals surface area contributed by atoms with Crippen LogP contribution in [0.2, 0.25) is 0 Å². The third-order valence-corrected chi connectivity index (χ3v) is 4.24. The Labute approximate surface area is 133 Å². The van der Waals surface area contributed by atoms with Gasteiger partial charge < -0.3 is 8.83 Å². The van der Waals surface area contributed by atoms with Crippen molar-refractivity contribution in [3.05, 3.63) is 42.7 Å². The number of nitrogens with zero attached hydrogens (tertiary/aromatic N) is 5. The summed E-state index contributed by atoms with van der Waals surface area (Å²) in [5.41, 5.74) is 0. The lowest BCUT2D eigenvalue weighted by molar-refractivity contribution is 0.111. The van der Waals surface area contributed by atoms with Gasteiger partial charge in [0.1, 0.15) is 0 Å². The van der Waals surface area contributed by atoms with Crippen LogP contribution in [0.4, 0.5) is 0 Å². The Bertz CT molecular complexity index is 720. The largest absolute Gasteiger partial charge is 0.459 e. The van der Waals surface area contributed by atoms with Crippen molar-refractivity contribution in [2.45, 2.75) is 38.4 Å². The standard InChI is InChI=1S/C16H19N5O2/c1-2-8-20(13(5-1)11-21-9-4-7-17-21)12-15-18-19-16(23-15)14-6-3-10-22-14/h3-4,6-7,9-10,13H,1-2,5,8,11-12H2/t13-/m1/s1. The molecule has 0 N–H and O–H groups in total. The number of likely N-dealkylation sites (tertiary alicyclic amines) is 1. The molecule has 120 valence electrons. The minimum Gasteiger partial charge on any atom is -0.459 e. The quantitative estimate of drug-likeness (QED) is 0.721. The van der Waals surface area contributed by atoms with Gasteiger partial charge in [0.05, 0.1) is 19.4 Å². The minimum absolute atomic E-state index is 0.436.